The molecule has 4 nitrogen and oxygen atoms in total. The Balaban J connectivity index is 2.51. The highest BCUT2D eigenvalue weighted by atomic mass is 16.1. The lowest BCUT2D eigenvalue weighted by molar-refractivity contribution is 0.111. The minimum absolute atomic E-state index is 0.444. The summed E-state index contributed by atoms with van der Waals surface area (Å²) in [7, 11) is 0. The first-order valence-corrected chi connectivity index (χ1v) is 4.23. The van der Waals surface area contributed by atoms with Crippen LogP contribution in [0.5, 0.6) is 0 Å². The van der Waals surface area contributed by atoms with Crippen molar-refractivity contribution < 1.29 is 4.79 Å². The van der Waals surface area contributed by atoms with Crippen LogP contribution in [0.3, 0.4) is 0 Å². The molecule has 2 rings (SSSR count). The Bertz CT molecular complexity index is 448. The first-order chi connectivity index (χ1) is 6.81. The number of rotatable bonds is 2. The molecule has 70 valence electrons. The summed E-state index contributed by atoms with van der Waals surface area (Å²) in [5.74, 6) is 0. The van der Waals surface area contributed by atoms with Gasteiger partial charge in [0.05, 0.1) is 5.69 Å². The van der Waals surface area contributed by atoms with E-state index in [4.69, 9.17) is 0 Å². The van der Waals surface area contributed by atoms with E-state index in [-0.39, 0.29) is 0 Å². The number of aromatic nitrogens is 3. The lowest BCUT2D eigenvalue weighted by Crippen LogP contribution is -1.98. The fraction of sp³-hybridized carbons (Fsp3) is 0.100. The topological polar surface area (TPSA) is 47.8 Å². The molecule has 0 fully saturated rings. The van der Waals surface area contributed by atoms with Gasteiger partial charge in [-0.15, -0.1) is 0 Å². The third-order valence-electron chi connectivity index (χ3n) is 1.93. The van der Waals surface area contributed by atoms with Gasteiger partial charge in [-0.1, -0.05) is 0 Å². The average molecular weight is 187 g/mol. The standard InChI is InChI=1S/C10H9N3O/c1-8-6-9(7-14)12-13(8)10-2-4-11-5-3-10/h2-7H,1H3. The zero-order valence-corrected chi connectivity index (χ0v) is 7.71. The van der Waals surface area contributed by atoms with Crippen molar-refractivity contribution in [2.24, 2.45) is 0 Å². The van der Waals surface area contributed by atoms with Gasteiger partial charge >= 0.3 is 0 Å². The van der Waals surface area contributed by atoms with Crippen molar-refractivity contribution in [3.05, 3.63) is 42.0 Å². The molecule has 0 radical (unpaired) electrons. The molecule has 0 aliphatic heterocycles. The first-order valence-electron chi connectivity index (χ1n) is 4.23. The molecule has 0 aliphatic rings. The summed E-state index contributed by atoms with van der Waals surface area (Å²) in [6, 6.07) is 5.43. The zero-order chi connectivity index (χ0) is 9.97. The number of aryl methyl sites for hydroxylation is 1. The van der Waals surface area contributed by atoms with Gasteiger partial charge in [-0.3, -0.25) is 9.78 Å². The van der Waals surface area contributed by atoms with E-state index in [0.29, 0.717) is 5.69 Å². The molecule has 2 heterocycles. The van der Waals surface area contributed by atoms with E-state index in [1.807, 2.05) is 19.1 Å². The number of pyridine rings is 1. The van der Waals surface area contributed by atoms with E-state index in [1.165, 1.54) is 0 Å². The number of hydrogen-bond acceptors (Lipinski definition) is 3. The van der Waals surface area contributed by atoms with E-state index in [0.717, 1.165) is 17.7 Å². The molecule has 2 aromatic heterocycles. The van der Waals surface area contributed by atoms with Gasteiger partial charge in [-0.25, -0.2) is 4.68 Å². The number of nitrogens with zero attached hydrogens (tertiary/aromatic N) is 3. The molecule has 0 saturated carbocycles. The van der Waals surface area contributed by atoms with Crippen LogP contribution in [0.2, 0.25) is 0 Å². The quantitative estimate of drug-likeness (QED) is 0.667. The van der Waals surface area contributed by atoms with Crippen molar-refractivity contribution >= 4 is 6.29 Å². The van der Waals surface area contributed by atoms with Crippen LogP contribution < -0.4 is 0 Å². The van der Waals surface area contributed by atoms with Gasteiger partial charge in [0.1, 0.15) is 5.69 Å². The van der Waals surface area contributed by atoms with Crippen molar-refractivity contribution in [2.75, 3.05) is 0 Å². The molecule has 14 heavy (non-hydrogen) atoms. The zero-order valence-electron chi connectivity index (χ0n) is 7.71. The maximum absolute atomic E-state index is 10.5. The second-order valence-corrected chi connectivity index (χ2v) is 2.95. The van der Waals surface area contributed by atoms with Gasteiger partial charge < -0.3 is 0 Å². The molecule has 0 amide bonds. The molecule has 0 atom stereocenters. The van der Waals surface area contributed by atoms with E-state index in [1.54, 1.807) is 23.1 Å². The highest BCUT2D eigenvalue weighted by Gasteiger charge is 2.04. The Morgan fingerprint density at radius 3 is 2.64 bits per heavy atom. The van der Waals surface area contributed by atoms with Crippen molar-refractivity contribution in [2.45, 2.75) is 6.92 Å². The summed E-state index contributed by atoms with van der Waals surface area (Å²) in [4.78, 5) is 14.4. The van der Waals surface area contributed by atoms with Gasteiger partial charge in [0.2, 0.25) is 0 Å². The lowest BCUT2D eigenvalue weighted by Gasteiger charge is -2.01. The van der Waals surface area contributed by atoms with Crippen LogP contribution in [0.1, 0.15) is 16.2 Å². The van der Waals surface area contributed by atoms with Crippen LogP contribution in [0.25, 0.3) is 5.69 Å². The smallest absolute Gasteiger partial charge is 0.170 e. The molecule has 0 aromatic carbocycles. The van der Waals surface area contributed by atoms with Gasteiger partial charge in [0.15, 0.2) is 6.29 Å². The SMILES string of the molecule is Cc1cc(C=O)nn1-c1ccncc1. The lowest BCUT2D eigenvalue weighted by atomic mass is 10.3. The van der Waals surface area contributed by atoms with Crippen molar-refractivity contribution in [3.63, 3.8) is 0 Å². The fourth-order valence-corrected chi connectivity index (χ4v) is 1.30. The third-order valence-corrected chi connectivity index (χ3v) is 1.93. The third kappa shape index (κ3) is 1.42. The van der Waals surface area contributed by atoms with Crippen LogP contribution in [0, 0.1) is 6.92 Å². The number of aldehydes is 1. The molecule has 0 N–H and O–H groups in total. The highest BCUT2D eigenvalue weighted by Crippen LogP contribution is 2.09. The Morgan fingerprint density at radius 1 is 1.36 bits per heavy atom. The molecule has 2 aromatic rings. The molecule has 0 spiro atoms. The summed E-state index contributed by atoms with van der Waals surface area (Å²) >= 11 is 0. The predicted octanol–water partition coefficient (Wildman–Crippen LogP) is 1.39. The Hall–Kier alpha value is -1.97. The first kappa shape index (κ1) is 8.62. The molecular weight excluding hydrogens is 178 g/mol. The molecular formula is C10H9N3O. The minimum atomic E-state index is 0.444. The number of carbonyl (C=O) groups excluding carboxylic acids is 1. The molecule has 4 heteroatoms. The second kappa shape index (κ2) is 3.41. The maximum atomic E-state index is 10.5. The van der Waals surface area contributed by atoms with Crippen LogP contribution >= 0.6 is 0 Å². The summed E-state index contributed by atoms with van der Waals surface area (Å²) < 4.78 is 1.71. The second-order valence-electron chi connectivity index (χ2n) is 2.95. The van der Waals surface area contributed by atoms with Gasteiger partial charge in [-0.05, 0) is 25.1 Å². The summed E-state index contributed by atoms with van der Waals surface area (Å²) in [6.45, 7) is 1.90. The van der Waals surface area contributed by atoms with Crippen molar-refractivity contribution in [3.8, 4) is 5.69 Å². The summed E-state index contributed by atoms with van der Waals surface area (Å²) in [6.07, 6.45) is 4.12. The van der Waals surface area contributed by atoms with Gasteiger partial charge in [-0.2, -0.15) is 5.10 Å². The minimum Gasteiger partial charge on any atom is -0.296 e. The number of carbonyl (C=O) groups is 1. The average Bonchev–Trinajstić information content (AvgIpc) is 2.61. The predicted molar refractivity (Wildman–Crippen MR) is 51.5 cm³/mol. The van der Waals surface area contributed by atoms with Crippen molar-refractivity contribution in [1.82, 2.24) is 14.8 Å². The van der Waals surface area contributed by atoms with E-state index in [2.05, 4.69) is 10.1 Å². The van der Waals surface area contributed by atoms with Gasteiger partial charge in [0.25, 0.3) is 0 Å². The molecule has 0 bridgehead atoms. The molecule has 0 unspecified atom stereocenters. The molecule has 0 aliphatic carbocycles. The van der Waals surface area contributed by atoms with Crippen molar-refractivity contribution in [1.29, 1.82) is 0 Å². The van der Waals surface area contributed by atoms with E-state index in [9.17, 15) is 4.79 Å². The Labute approximate surface area is 81.2 Å². The highest BCUT2D eigenvalue weighted by molar-refractivity contribution is 5.71. The largest absolute Gasteiger partial charge is 0.296 e. The normalized spacial score (nSPS) is 10.1. The monoisotopic (exact) mass is 187 g/mol. The Kier molecular flexibility index (Phi) is 2.10. The van der Waals surface area contributed by atoms with Crippen LogP contribution in [0.15, 0.2) is 30.6 Å². The summed E-state index contributed by atoms with van der Waals surface area (Å²) in [5, 5.41) is 4.12. The van der Waals surface area contributed by atoms with Gasteiger partial charge in [0, 0.05) is 18.1 Å². The Morgan fingerprint density at radius 2 is 2.07 bits per heavy atom. The van der Waals surface area contributed by atoms with Crippen LogP contribution in [-0.4, -0.2) is 21.1 Å². The fourth-order valence-electron chi connectivity index (χ4n) is 1.30. The maximum Gasteiger partial charge on any atom is 0.170 e. The number of hydrogen-bond donors (Lipinski definition) is 0. The van der Waals surface area contributed by atoms with Crippen LogP contribution in [-0.2, 0) is 0 Å². The summed E-state index contributed by atoms with van der Waals surface area (Å²) in [5.41, 5.74) is 2.28. The molecule has 0 saturated heterocycles. The van der Waals surface area contributed by atoms with Crippen LogP contribution in [0.4, 0.5) is 0 Å². The van der Waals surface area contributed by atoms with E-state index < -0.39 is 0 Å². The van der Waals surface area contributed by atoms with E-state index >= 15 is 0 Å².